The predicted molar refractivity (Wildman–Crippen MR) is 79.8 cm³/mol. The summed E-state index contributed by atoms with van der Waals surface area (Å²) < 4.78 is 0. The Kier molecular flexibility index (Phi) is 3.69. The second-order valence-corrected chi connectivity index (χ2v) is 5.01. The summed E-state index contributed by atoms with van der Waals surface area (Å²) in [6.07, 6.45) is 0. The van der Waals surface area contributed by atoms with Gasteiger partial charge in [0, 0.05) is 24.7 Å². The lowest BCUT2D eigenvalue weighted by Gasteiger charge is -2.21. The second-order valence-electron chi connectivity index (χ2n) is 5.01. The summed E-state index contributed by atoms with van der Waals surface area (Å²) in [5.74, 6) is 2.36. The van der Waals surface area contributed by atoms with Crippen molar-refractivity contribution in [2.75, 3.05) is 17.7 Å². The second kappa shape index (κ2) is 5.26. The fourth-order valence-corrected chi connectivity index (χ4v) is 1.96. The molecule has 2 rings (SSSR count). The molecule has 0 unspecified atom stereocenters. The SMILES string of the molecule is Cc1ccccc1N(C)c1cc(N)nc(C(C)C)n1. The van der Waals surface area contributed by atoms with Crippen molar-refractivity contribution in [2.45, 2.75) is 26.7 Å². The van der Waals surface area contributed by atoms with E-state index in [2.05, 4.69) is 42.9 Å². The first-order chi connectivity index (χ1) is 8.99. The third-order valence-corrected chi connectivity index (χ3v) is 3.09. The quantitative estimate of drug-likeness (QED) is 0.915. The molecule has 0 spiro atoms. The summed E-state index contributed by atoms with van der Waals surface area (Å²) >= 11 is 0. The largest absolute Gasteiger partial charge is 0.384 e. The first-order valence-electron chi connectivity index (χ1n) is 6.43. The Bertz CT molecular complexity index is 578. The lowest BCUT2D eigenvalue weighted by atomic mass is 10.2. The summed E-state index contributed by atoms with van der Waals surface area (Å²) in [5, 5.41) is 0. The van der Waals surface area contributed by atoms with Gasteiger partial charge in [0.2, 0.25) is 0 Å². The lowest BCUT2D eigenvalue weighted by molar-refractivity contribution is 0.774. The van der Waals surface area contributed by atoms with Crippen LogP contribution in [0.4, 0.5) is 17.3 Å². The van der Waals surface area contributed by atoms with E-state index in [1.807, 2.05) is 24.1 Å². The Morgan fingerprint density at radius 2 is 1.84 bits per heavy atom. The fourth-order valence-electron chi connectivity index (χ4n) is 1.96. The average molecular weight is 256 g/mol. The monoisotopic (exact) mass is 256 g/mol. The highest BCUT2D eigenvalue weighted by Gasteiger charge is 2.12. The van der Waals surface area contributed by atoms with Crippen LogP contribution in [0.5, 0.6) is 0 Å². The van der Waals surface area contributed by atoms with E-state index in [1.54, 1.807) is 6.07 Å². The Hall–Kier alpha value is -2.10. The van der Waals surface area contributed by atoms with E-state index in [0.717, 1.165) is 17.3 Å². The molecule has 0 aliphatic rings. The summed E-state index contributed by atoms with van der Waals surface area (Å²) in [6, 6.07) is 10.0. The van der Waals surface area contributed by atoms with Crippen LogP contribution in [0.25, 0.3) is 0 Å². The van der Waals surface area contributed by atoms with E-state index >= 15 is 0 Å². The molecule has 19 heavy (non-hydrogen) atoms. The van der Waals surface area contributed by atoms with Crippen LogP contribution in [0.3, 0.4) is 0 Å². The fraction of sp³-hybridized carbons (Fsp3) is 0.333. The van der Waals surface area contributed by atoms with Gasteiger partial charge in [0.25, 0.3) is 0 Å². The van der Waals surface area contributed by atoms with Crippen molar-refractivity contribution < 1.29 is 0 Å². The minimum absolute atomic E-state index is 0.257. The van der Waals surface area contributed by atoms with E-state index in [-0.39, 0.29) is 5.92 Å². The average Bonchev–Trinajstić information content (AvgIpc) is 2.37. The highest BCUT2D eigenvalue weighted by Crippen LogP contribution is 2.26. The Balaban J connectivity index is 2.44. The van der Waals surface area contributed by atoms with Crippen molar-refractivity contribution in [2.24, 2.45) is 0 Å². The van der Waals surface area contributed by atoms with Crippen LogP contribution >= 0.6 is 0 Å². The smallest absolute Gasteiger partial charge is 0.138 e. The molecule has 1 aromatic heterocycles. The Labute approximate surface area is 114 Å². The van der Waals surface area contributed by atoms with E-state index in [4.69, 9.17) is 5.73 Å². The zero-order chi connectivity index (χ0) is 14.0. The van der Waals surface area contributed by atoms with Crippen molar-refractivity contribution in [3.8, 4) is 0 Å². The number of anilines is 3. The topological polar surface area (TPSA) is 55.0 Å². The summed E-state index contributed by atoms with van der Waals surface area (Å²) in [5.41, 5.74) is 8.20. The van der Waals surface area contributed by atoms with Crippen LogP contribution < -0.4 is 10.6 Å². The van der Waals surface area contributed by atoms with Gasteiger partial charge in [0.1, 0.15) is 17.5 Å². The Morgan fingerprint density at radius 1 is 1.16 bits per heavy atom. The molecule has 4 heteroatoms. The Morgan fingerprint density at radius 3 is 2.47 bits per heavy atom. The van der Waals surface area contributed by atoms with Gasteiger partial charge in [-0.2, -0.15) is 0 Å². The van der Waals surface area contributed by atoms with Gasteiger partial charge in [-0.05, 0) is 18.6 Å². The number of hydrogen-bond donors (Lipinski definition) is 1. The van der Waals surface area contributed by atoms with Gasteiger partial charge >= 0.3 is 0 Å². The number of nitrogens with zero attached hydrogens (tertiary/aromatic N) is 3. The lowest BCUT2D eigenvalue weighted by Crippen LogP contribution is -2.15. The van der Waals surface area contributed by atoms with Crippen LogP contribution in [-0.2, 0) is 0 Å². The minimum Gasteiger partial charge on any atom is -0.384 e. The van der Waals surface area contributed by atoms with Crippen LogP contribution in [0.1, 0.15) is 31.2 Å². The molecular weight excluding hydrogens is 236 g/mol. The standard InChI is InChI=1S/C15H20N4/c1-10(2)15-17-13(16)9-14(18-15)19(4)12-8-6-5-7-11(12)3/h5-10H,1-4H3,(H2,16,17,18). The maximum absolute atomic E-state index is 5.87. The van der Waals surface area contributed by atoms with Gasteiger partial charge in [-0.15, -0.1) is 0 Å². The van der Waals surface area contributed by atoms with Gasteiger partial charge in [-0.3, -0.25) is 0 Å². The molecule has 0 saturated heterocycles. The molecule has 0 bridgehead atoms. The van der Waals surface area contributed by atoms with Gasteiger partial charge in [-0.25, -0.2) is 9.97 Å². The van der Waals surface area contributed by atoms with Crippen LogP contribution in [0, 0.1) is 6.92 Å². The number of hydrogen-bond acceptors (Lipinski definition) is 4. The zero-order valence-corrected chi connectivity index (χ0v) is 11.9. The normalized spacial score (nSPS) is 10.8. The molecule has 1 heterocycles. The van der Waals surface area contributed by atoms with Crippen LogP contribution in [-0.4, -0.2) is 17.0 Å². The van der Waals surface area contributed by atoms with Crippen molar-refractivity contribution in [1.29, 1.82) is 0 Å². The molecule has 100 valence electrons. The summed E-state index contributed by atoms with van der Waals surface area (Å²) in [6.45, 7) is 6.21. The van der Waals surface area contributed by atoms with Gasteiger partial charge in [-0.1, -0.05) is 32.0 Å². The maximum Gasteiger partial charge on any atom is 0.138 e. The predicted octanol–water partition coefficient (Wildman–Crippen LogP) is 3.26. The molecule has 4 nitrogen and oxygen atoms in total. The summed E-state index contributed by atoms with van der Waals surface area (Å²) in [7, 11) is 1.99. The molecule has 0 fully saturated rings. The number of nitrogen functional groups attached to an aromatic ring is 1. The van der Waals surface area contributed by atoms with Gasteiger partial charge in [0.15, 0.2) is 0 Å². The molecule has 0 atom stereocenters. The zero-order valence-electron chi connectivity index (χ0n) is 11.9. The molecule has 2 aromatic rings. The summed E-state index contributed by atoms with van der Waals surface area (Å²) in [4.78, 5) is 10.9. The highest BCUT2D eigenvalue weighted by molar-refractivity contribution is 5.64. The maximum atomic E-state index is 5.87. The van der Waals surface area contributed by atoms with Gasteiger partial charge in [0.05, 0.1) is 0 Å². The molecule has 2 N–H and O–H groups in total. The van der Waals surface area contributed by atoms with E-state index < -0.39 is 0 Å². The number of nitrogens with two attached hydrogens (primary N) is 1. The van der Waals surface area contributed by atoms with Gasteiger partial charge < -0.3 is 10.6 Å². The van der Waals surface area contributed by atoms with Crippen molar-refractivity contribution in [3.05, 3.63) is 41.7 Å². The number of aryl methyl sites for hydroxylation is 1. The van der Waals surface area contributed by atoms with E-state index in [1.165, 1.54) is 5.56 Å². The third-order valence-electron chi connectivity index (χ3n) is 3.09. The number of rotatable bonds is 3. The molecule has 0 radical (unpaired) electrons. The van der Waals surface area contributed by atoms with Crippen LogP contribution in [0.15, 0.2) is 30.3 Å². The van der Waals surface area contributed by atoms with E-state index in [9.17, 15) is 0 Å². The molecule has 1 aromatic carbocycles. The number of para-hydroxylation sites is 1. The number of aromatic nitrogens is 2. The molecule has 0 saturated carbocycles. The minimum atomic E-state index is 0.257. The first-order valence-corrected chi connectivity index (χ1v) is 6.43. The molecule has 0 aliphatic heterocycles. The highest BCUT2D eigenvalue weighted by atomic mass is 15.2. The van der Waals surface area contributed by atoms with Crippen molar-refractivity contribution in [3.63, 3.8) is 0 Å². The number of benzene rings is 1. The van der Waals surface area contributed by atoms with E-state index in [0.29, 0.717) is 5.82 Å². The molecular formula is C15H20N4. The molecule has 0 aliphatic carbocycles. The first kappa shape index (κ1) is 13.3. The van der Waals surface area contributed by atoms with Crippen LogP contribution in [0.2, 0.25) is 0 Å². The van der Waals surface area contributed by atoms with Crippen molar-refractivity contribution >= 4 is 17.3 Å². The third kappa shape index (κ3) is 2.84. The van der Waals surface area contributed by atoms with Crippen molar-refractivity contribution in [1.82, 2.24) is 9.97 Å². The molecule has 0 amide bonds.